The monoisotopic (exact) mass is 218 g/mol. The maximum absolute atomic E-state index is 12.0. The molecule has 0 aromatic carbocycles. The lowest BCUT2D eigenvalue weighted by molar-refractivity contribution is -0.120. The molecule has 2 rings (SSSR count). The SMILES string of the molecule is C=C1CCC=C(C)C(=O)C[C@@H]2[C@@H]1CC2(C)C. The second kappa shape index (κ2) is 3.87. The first-order valence-electron chi connectivity index (χ1n) is 6.29. The molecule has 1 heteroatoms. The minimum Gasteiger partial charge on any atom is -0.295 e. The number of rotatable bonds is 0. The van der Waals surface area contributed by atoms with E-state index in [0.29, 0.717) is 23.0 Å². The lowest BCUT2D eigenvalue weighted by atomic mass is 9.52. The van der Waals surface area contributed by atoms with Crippen molar-refractivity contribution in [2.45, 2.75) is 46.5 Å². The molecule has 0 unspecified atom stereocenters. The summed E-state index contributed by atoms with van der Waals surface area (Å²) in [6.45, 7) is 10.7. The summed E-state index contributed by atoms with van der Waals surface area (Å²) in [5, 5.41) is 0. The van der Waals surface area contributed by atoms with Crippen LogP contribution in [0.4, 0.5) is 0 Å². The van der Waals surface area contributed by atoms with Crippen LogP contribution in [0.1, 0.15) is 46.5 Å². The van der Waals surface area contributed by atoms with Crippen LogP contribution in [-0.4, -0.2) is 5.78 Å². The van der Waals surface area contributed by atoms with Crippen molar-refractivity contribution in [3.8, 4) is 0 Å². The van der Waals surface area contributed by atoms with Crippen molar-refractivity contribution in [2.24, 2.45) is 17.3 Å². The van der Waals surface area contributed by atoms with E-state index in [4.69, 9.17) is 0 Å². The summed E-state index contributed by atoms with van der Waals surface area (Å²) in [5.74, 6) is 1.46. The Morgan fingerprint density at radius 1 is 1.44 bits per heavy atom. The Morgan fingerprint density at radius 3 is 2.75 bits per heavy atom. The van der Waals surface area contributed by atoms with Crippen molar-refractivity contribution >= 4 is 5.78 Å². The molecule has 16 heavy (non-hydrogen) atoms. The van der Waals surface area contributed by atoms with Gasteiger partial charge in [-0.3, -0.25) is 4.79 Å². The van der Waals surface area contributed by atoms with Crippen LogP contribution in [0, 0.1) is 17.3 Å². The molecule has 2 aliphatic rings. The van der Waals surface area contributed by atoms with E-state index in [-0.39, 0.29) is 0 Å². The summed E-state index contributed by atoms with van der Waals surface area (Å²) < 4.78 is 0. The van der Waals surface area contributed by atoms with Gasteiger partial charge in [-0.2, -0.15) is 0 Å². The third kappa shape index (κ3) is 1.88. The maximum Gasteiger partial charge on any atom is 0.158 e. The first-order chi connectivity index (χ1) is 7.42. The van der Waals surface area contributed by atoms with Crippen LogP contribution in [0.3, 0.4) is 0 Å². The van der Waals surface area contributed by atoms with E-state index in [1.165, 1.54) is 12.0 Å². The molecule has 2 atom stereocenters. The lowest BCUT2D eigenvalue weighted by Crippen LogP contribution is -2.45. The van der Waals surface area contributed by atoms with Crippen LogP contribution >= 0.6 is 0 Å². The maximum atomic E-state index is 12.0. The molecule has 0 aliphatic heterocycles. The number of fused-ring (bicyclic) bond motifs is 1. The van der Waals surface area contributed by atoms with Crippen molar-refractivity contribution in [3.05, 3.63) is 23.8 Å². The molecule has 0 radical (unpaired) electrons. The quantitative estimate of drug-likeness (QED) is 0.563. The molecule has 0 amide bonds. The first kappa shape index (κ1) is 11.6. The van der Waals surface area contributed by atoms with E-state index in [2.05, 4.69) is 26.5 Å². The second-order valence-electron chi connectivity index (χ2n) is 6.12. The van der Waals surface area contributed by atoms with Crippen LogP contribution in [0.2, 0.25) is 0 Å². The second-order valence-corrected chi connectivity index (χ2v) is 6.12. The molecular formula is C15H22O. The Bertz CT molecular complexity index is 360. The normalized spacial score (nSPS) is 34.1. The fourth-order valence-corrected chi connectivity index (χ4v) is 3.23. The number of hydrogen-bond acceptors (Lipinski definition) is 1. The summed E-state index contributed by atoms with van der Waals surface area (Å²) in [6.07, 6.45) is 6.06. The number of Topliss-reactive ketones (excluding diaryl/α,β-unsaturated/α-hetero) is 1. The molecule has 1 fully saturated rings. The van der Waals surface area contributed by atoms with E-state index in [0.717, 1.165) is 24.8 Å². The van der Waals surface area contributed by atoms with Gasteiger partial charge in [0.2, 0.25) is 0 Å². The summed E-state index contributed by atoms with van der Waals surface area (Å²) in [5.41, 5.74) is 2.65. The molecule has 0 bridgehead atoms. The fraction of sp³-hybridized carbons (Fsp3) is 0.667. The standard InChI is InChI=1S/C15H22O/c1-10-6-5-7-11(2)14(16)8-13-12(10)9-15(13,3)4/h7,12-13H,1,5-6,8-9H2,2-4H3/t12-,13-/m1/s1. The highest BCUT2D eigenvalue weighted by atomic mass is 16.1. The molecule has 0 N–H and O–H groups in total. The average Bonchev–Trinajstić information content (AvgIpc) is 2.24. The number of carbonyl (C=O) groups excluding carboxylic acids is 1. The average molecular weight is 218 g/mol. The lowest BCUT2D eigenvalue weighted by Gasteiger charge is -2.52. The number of ketones is 1. The van der Waals surface area contributed by atoms with Crippen molar-refractivity contribution in [1.82, 2.24) is 0 Å². The smallest absolute Gasteiger partial charge is 0.158 e. The molecule has 0 spiro atoms. The van der Waals surface area contributed by atoms with Gasteiger partial charge in [0.1, 0.15) is 0 Å². The molecule has 1 saturated carbocycles. The van der Waals surface area contributed by atoms with Crippen LogP contribution < -0.4 is 0 Å². The third-order valence-corrected chi connectivity index (χ3v) is 4.52. The topological polar surface area (TPSA) is 17.1 Å². The van der Waals surface area contributed by atoms with Gasteiger partial charge in [-0.15, -0.1) is 0 Å². The minimum absolute atomic E-state index is 0.327. The summed E-state index contributed by atoms with van der Waals surface area (Å²) in [6, 6.07) is 0. The Labute approximate surface area is 98.6 Å². The predicted octanol–water partition coefficient (Wildman–Crippen LogP) is 3.90. The van der Waals surface area contributed by atoms with Gasteiger partial charge in [0.25, 0.3) is 0 Å². The highest BCUT2D eigenvalue weighted by Gasteiger charge is 2.48. The van der Waals surface area contributed by atoms with Crippen LogP contribution in [0.25, 0.3) is 0 Å². The van der Waals surface area contributed by atoms with Crippen LogP contribution in [0.5, 0.6) is 0 Å². The van der Waals surface area contributed by atoms with Gasteiger partial charge in [-0.25, -0.2) is 0 Å². The third-order valence-electron chi connectivity index (χ3n) is 4.52. The van der Waals surface area contributed by atoms with Gasteiger partial charge >= 0.3 is 0 Å². The Kier molecular flexibility index (Phi) is 2.81. The summed E-state index contributed by atoms with van der Waals surface area (Å²) in [4.78, 5) is 12.0. The van der Waals surface area contributed by atoms with Gasteiger partial charge in [0, 0.05) is 6.42 Å². The first-order valence-corrected chi connectivity index (χ1v) is 6.29. The van der Waals surface area contributed by atoms with Gasteiger partial charge < -0.3 is 0 Å². The van der Waals surface area contributed by atoms with Gasteiger partial charge in [-0.1, -0.05) is 32.1 Å². The van der Waals surface area contributed by atoms with E-state index in [9.17, 15) is 4.79 Å². The fourth-order valence-electron chi connectivity index (χ4n) is 3.23. The molecule has 1 nitrogen and oxygen atoms in total. The number of carbonyl (C=O) groups is 1. The molecule has 2 aliphatic carbocycles. The molecular weight excluding hydrogens is 196 g/mol. The van der Waals surface area contributed by atoms with Gasteiger partial charge in [-0.05, 0) is 49.0 Å². The van der Waals surface area contributed by atoms with Crippen molar-refractivity contribution in [1.29, 1.82) is 0 Å². The number of allylic oxidation sites excluding steroid dienone is 3. The predicted molar refractivity (Wildman–Crippen MR) is 67.1 cm³/mol. The molecule has 0 aromatic heterocycles. The Hall–Kier alpha value is -0.850. The highest BCUT2D eigenvalue weighted by molar-refractivity contribution is 5.95. The van der Waals surface area contributed by atoms with E-state index >= 15 is 0 Å². The van der Waals surface area contributed by atoms with Crippen molar-refractivity contribution in [3.63, 3.8) is 0 Å². The van der Waals surface area contributed by atoms with Crippen LogP contribution in [-0.2, 0) is 4.79 Å². The number of hydrogen-bond donors (Lipinski definition) is 0. The molecule has 0 saturated heterocycles. The van der Waals surface area contributed by atoms with Crippen molar-refractivity contribution in [2.75, 3.05) is 0 Å². The molecule has 0 heterocycles. The van der Waals surface area contributed by atoms with Crippen molar-refractivity contribution < 1.29 is 4.79 Å². The zero-order chi connectivity index (χ0) is 11.9. The zero-order valence-corrected chi connectivity index (χ0v) is 10.7. The summed E-state index contributed by atoms with van der Waals surface area (Å²) >= 11 is 0. The largest absolute Gasteiger partial charge is 0.295 e. The van der Waals surface area contributed by atoms with E-state index < -0.39 is 0 Å². The molecule has 0 aromatic rings. The van der Waals surface area contributed by atoms with Crippen LogP contribution in [0.15, 0.2) is 23.8 Å². The Balaban J connectivity index is 2.22. The van der Waals surface area contributed by atoms with Gasteiger partial charge in [0.05, 0.1) is 0 Å². The van der Waals surface area contributed by atoms with Gasteiger partial charge in [0.15, 0.2) is 5.78 Å². The molecule has 88 valence electrons. The van der Waals surface area contributed by atoms with E-state index in [1.54, 1.807) is 0 Å². The Morgan fingerprint density at radius 2 is 2.12 bits per heavy atom. The van der Waals surface area contributed by atoms with E-state index in [1.807, 2.05) is 6.92 Å². The highest BCUT2D eigenvalue weighted by Crippen LogP contribution is 2.56. The minimum atomic E-state index is 0.327. The zero-order valence-electron chi connectivity index (χ0n) is 10.7. The summed E-state index contributed by atoms with van der Waals surface area (Å²) in [7, 11) is 0.